The van der Waals surface area contributed by atoms with E-state index in [0.717, 1.165) is 26.9 Å². The van der Waals surface area contributed by atoms with Crippen LogP contribution in [0.2, 0.25) is 0 Å². The quantitative estimate of drug-likeness (QED) is 0.152. The van der Waals surface area contributed by atoms with Crippen LogP contribution in [0.1, 0.15) is 18.1 Å². The molecule has 0 saturated carbocycles. The molecule has 1 N–H and O–H groups in total. The fourth-order valence-electron chi connectivity index (χ4n) is 4.54. The van der Waals surface area contributed by atoms with Crippen molar-refractivity contribution in [2.45, 2.75) is 29.6 Å². The second-order valence-corrected chi connectivity index (χ2v) is 14.3. The number of esters is 1. The van der Waals surface area contributed by atoms with E-state index < -0.39 is 26.0 Å². The van der Waals surface area contributed by atoms with Crippen molar-refractivity contribution in [2.75, 3.05) is 54.7 Å². The maximum Gasteiger partial charge on any atom is 0.321 e. The molecule has 0 spiro atoms. The molecule has 0 unspecified atom stereocenters. The molecule has 0 fully saturated rings. The molecule has 4 rings (SSSR count). The zero-order chi connectivity index (χ0) is 36.6. The molecule has 270 valence electrons. The van der Waals surface area contributed by atoms with Gasteiger partial charge in [-0.2, -0.15) is 4.31 Å². The summed E-state index contributed by atoms with van der Waals surface area (Å²) in [6, 6.07) is 27.2. The summed E-state index contributed by atoms with van der Waals surface area (Å²) in [5.41, 5.74) is 1.97. The number of hydrogen-bond acceptors (Lipinski definition) is 10. The van der Waals surface area contributed by atoms with E-state index in [1.165, 1.54) is 38.5 Å². The van der Waals surface area contributed by atoms with Crippen molar-refractivity contribution in [3.63, 3.8) is 0 Å². The zero-order valence-electron chi connectivity index (χ0n) is 28.8. The lowest BCUT2D eigenvalue weighted by Crippen LogP contribution is -2.38. The van der Waals surface area contributed by atoms with Gasteiger partial charge in [0.05, 0.1) is 44.8 Å². The highest BCUT2D eigenvalue weighted by molar-refractivity contribution is 7.89. The van der Waals surface area contributed by atoms with Crippen molar-refractivity contribution in [1.29, 1.82) is 0 Å². The minimum Gasteiger partial charge on any atom is -0.497 e. The lowest BCUT2D eigenvalue weighted by molar-refractivity contribution is -0.143. The second-order valence-electron chi connectivity index (χ2n) is 10.6. The summed E-state index contributed by atoms with van der Waals surface area (Å²) in [7, 11) is -1.13. The van der Waals surface area contributed by atoms with Gasteiger partial charge in [-0.25, -0.2) is 21.6 Å². The van der Waals surface area contributed by atoms with Crippen LogP contribution in [0.25, 0.3) is 0 Å². The number of benzene rings is 4. The topological polar surface area (TPSA) is 147 Å². The summed E-state index contributed by atoms with van der Waals surface area (Å²) in [5.74, 6) is 2.08. The Morgan fingerprint density at radius 2 is 1.00 bits per heavy atom. The Morgan fingerprint density at radius 1 is 0.600 bits per heavy atom. The van der Waals surface area contributed by atoms with Crippen molar-refractivity contribution in [3.05, 3.63) is 108 Å². The Morgan fingerprint density at radius 3 is 1.42 bits per heavy atom. The van der Waals surface area contributed by atoms with Gasteiger partial charge in [0.2, 0.25) is 20.0 Å². The fourth-order valence-corrected chi connectivity index (χ4v) is 6.95. The Bertz CT molecular complexity index is 1830. The van der Waals surface area contributed by atoms with Gasteiger partial charge < -0.3 is 23.7 Å². The number of nitrogens with zero attached hydrogens (tertiary/aromatic N) is 1. The fraction of sp³-hybridized carbons (Fsp3) is 0.306. The molecule has 0 heterocycles. The van der Waals surface area contributed by atoms with Gasteiger partial charge in [0.1, 0.15) is 29.5 Å². The van der Waals surface area contributed by atoms with Gasteiger partial charge in [-0.3, -0.25) is 4.79 Å². The van der Waals surface area contributed by atoms with Crippen LogP contribution >= 0.6 is 0 Å². The van der Waals surface area contributed by atoms with Crippen LogP contribution < -0.4 is 23.7 Å². The second kappa shape index (κ2) is 19.5. The highest BCUT2D eigenvalue weighted by Gasteiger charge is 2.27. The van der Waals surface area contributed by atoms with Crippen LogP contribution in [0.4, 0.5) is 0 Å². The summed E-state index contributed by atoms with van der Waals surface area (Å²) >= 11 is 0. The summed E-state index contributed by atoms with van der Waals surface area (Å²) < 4.78 is 79.4. The van der Waals surface area contributed by atoms with E-state index in [4.69, 9.17) is 23.7 Å². The van der Waals surface area contributed by atoms with E-state index in [1.807, 2.05) is 48.5 Å². The first-order valence-corrected chi connectivity index (χ1v) is 18.6. The molecule has 14 heteroatoms. The van der Waals surface area contributed by atoms with E-state index in [-0.39, 0.29) is 29.5 Å². The molecule has 0 aromatic heterocycles. The third kappa shape index (κ3) is 12.1. The number of rotatable bonds is 17. The molecule has 0 aliphatic heterocycles. The molecule has 4 aromatic carbocycles. The molecule has 0 aliphatic rings. The van der Waals surface area contributed by atoms with Gasteiger partial charge >= 0.3 is 5.97 Å². The maximum atomic E-state index is 13.1. The van der Waals surface area contributed by atoms with Gasteiger partial charge in [0.15, 0.2) is 0 Å². The number of methoxy groups -OCH3 is 4. The van der Waals surface area contributed by atoms with Gasteiger partial charge in [-0.05, 0) is 104 Å². The molecule has 0 amide bonds. The average Bonchev–Trinajstić information content (AvgIpc) is 3.14. The number of nitrogens with one attached hydrogen (secondary N) is 1. The van der Waals surface area contributed by atoms with Crippen LogP contribution in [0.15, 0.2) is 107 Å². The van der Waals surface area contributed by atoms with Crippen LogP contribution in [0, 0.1) is 0 Å². The van der Waals surface area contributed by atoms with Crippen molar-refractivity contribution in [1.82, 2.24) is 9.03 Å². The largest absolute Gasteiger partial charge is 0.497 e. The molecule has 0 aliphatic carbocycles. The first kappa shape index (κ1) is 39.8. The monoisotopic (exact) mass is 728 g/mol. The molecule has 4 aromatic rings. The van der Waals surface area contributed by atoms with E-state index >= 15 is 0 Å². The number of ether oxygens (including phenoxy) is 5. The number of sulfonamides is 2. The Balaban J connectivity index is 0.000000278. The summed E-state index contributed by atoms with van der Waals surface area (Å²) in [4.78, 5) is 12.3. The van der Waals surface area contributed by atoms with Crippen LogP contribution in [-0.4, -0.2) is 81.8 Å². The molecule has 12 nitrogen and oxygen atoms in total. The zero-order valence-corrected chi connectivity index (χ0v) is 30.5. The minimum absolute atomic E-state index is 0.0901. The molecular formula is C36H44N2O10S2. The highest BCUT2D eigenvalue weighted by atomic mass is 32.2. The summed E-state index contributed by atoms with van der Waals surface area (Å²) in [5, 5.41) is 0. The van der Waals surface area contributed by atoms with Gasteiger partial charge in [-0.1, -0.05) is 24.3 Å². The average molecular weight is 729 g/mol. The first-order chi connectivity index (χ1) is 23.9. The van der Waals surface area contributed by atoms with Crippen molar-refractivity contribution in [2.24, 2.45) is 0 Å². The van der Waals surface area contributed by atoms with E-state index in [9.17, 15) is 21.6 Å². The highest BCUT2D eigenvalue weighted by Crippen LogP contribution is 2.21. The van der Waals surface area contributed by atoms with E-state index in [2.05, 4.69) is 4.72 Å². The maximum absolute atomic E-state index is 13.1. The molecule has 0 radical (unpaired) electrons. The standard InChI is InChI=1S/C20H25NO6S.C16H19NO4S/c1-4-27-20(22)15-21(14-13-16-5-7-17(25-2)8-6-16)28(23,24)19-11-9-18(26-3)10-12-19;1-20-14-5-3-13(4-6-14)11-12-17-22(18,19)16-9-7-15(21-2)8-10-16/h5-12H,4,13-15H2,1-3H3;3-10,17H,11-12H2,1-2H3. The summed E-state index contributed by atoms with van der Waals surface area (Å²) in [6.45, 7) is 1.99. The molecule has 0 atom stereocenters. The van der Waals surface area contributed by atoms with Crippen LogP contribution in [0.5, 0.6) is 23.0 Å². The van der Waals surface area contributed by atoms with E-state index in [0.29, 0.717) is 30.9 Å². The molecular weight excluding hydrogens is 685 g/mol. The van der Waals surface area contributed by atoms with Crippen molar-refractivity contribution >= 4 is 26.0 Å². The minimum atomic E-state index is -3.87. The van der Waals surface area contributed by atoms with Gasteiger partial charge in [0.25, 0.3) is 0 Å². The normalized spacial score (nSPS) is 11.2. The van der Waals surface area contributed by atoms with Crippen LogP contribution in [-0.2, 0) is 42.4 Å². The number of carbonyl (C=O) groups is 1. The molecule has 50 heavy (non-hydrogen) atoms. The predicted octanol–water partition coefficient (Wildman–Crippen LogP) is 4.73. The SMILES string of the molecule is CCOC(=O)CN(CCc1ccc(OC)cc1)S(=O)(=O)c1ccc(OC)cc1.COc1ccc(CCNS(=O)(=O)c2ccc(OC)cc2)cc1. The molecule has 0 saturated heterocycles. The number of hydrogen-bond donors (Lipinski definition) is 1. The smallest absolute Gasteiger partial charge is 0.321 e. The molecule has 0 bridgehead atoms. The predicted molar refractivity (Wildman–Crippen MR) is 190 cm³/mol. The van der Waals surface area contributed by atoms with Crippen LogP contribution in [0.3, 0.4) is 0 Å². The third-order valence-electron chi connectivity index (χ3n) is 7.35. The third-order valence-corrected chi connectivity index (χ3v) is 10.7. The first-order valence-electron chi connectivity index (χ1n) is 15.6. The lowest BCUT2D eigenvalue weighted by Gasteiger charge is -2.21. The van der Waals surface area contributed by atoms with Crippen molar-refractivity contribution < 1.29 is 45.3 Å². The Labute approximate surface area is 295 Å². The Kier molecular flexibility index (Phi) is 15.5. The Hall–Kier alpha value is -4.63. The van der Waals surface area contributed by atoms with Crippen molar-refractivity contribution in [3.8, 4) is 23.0 Å². The van der Waals surface area contributed by atoms with Gasteiger partial charge in [0, 0.05) is 13.1 Å². The number of carbonyl (C=O) groups excluding carboxylic acids is 1. The summed E-state index contributed by atoms with van der Waals surface area (Å²) in [6.07, 6.45) is 1.05. The lowest BCUT2D eigenvalue weighted by atomic mass is 10.1. The van der Waals surface area contributed by atoms with Gasteiger partial charge in [-0.15, -0.1) is 0 Å². The van der Waals surface area contributed by atoms with E-state index in [1.54, 1.807) is 45.4 Å².